The molecule has 1 rings (SSSR count). The van der Waals surface area contributed by atoms with Crippen molar-refractivity contribution in [2.45, 2.75) is 39.5 Å². The highest BCUT2D eigenvalue weighted by atomic mass is 14.0. The van der Waals surface area contributed by atoms with Crippen LogP contribution in [0.15, 0.2) is 54.3 Å². The van der Waals surface area contributed by atoms with E-state index in [-0.39, 0.29) is 0 Å². The van der Waals surface area contributed by atoms with E-state index in [1.54, 1.807) is 0 Å². The van der Waals surface area contributed by atoms with Crippen molar-refractivity contribution in [1.29, 1.82) is 0 Å². The van der Waals surface area contributed by atoms with Gasteiger partial charge in [0.15, 0.2) is 0 Å². The molecule has 0 N–H and O–H groups in total. The van der Waals surface area contributed by atoms with E-state index in [0.29, 0.717) is 0 Å². The molecule has 0 spiro atoms. The highest BCUT2D eigenvalue weighted by molar-refractivity contribution is 5.63. The molecule has 0 aromatic heterocycles. The first-order valence-electron chi connectivity index (χ1n) is 6.39. The van der Waals surface area contributed by atoms with Crippen LogP contribution in [0.25, 0.3) is 5.57 Å². The summed E-state index contributed by atoms with van der Waals surface area (Å²) in [6, 6.07) is 10.4. The van der Waals surface area contributed by atoms with E-state index in [2.05, 4.69) is 50.4 Å². The van der Waals surface area contributed by atoms with Gasteiger partial charge in [-0.1, -0.05) is 49.8 Å². The number of hydrogen-bond donors (Lipinski definition) is 0. The zero-order chi connectivity index (χ0) is 12.5. The van der Waals surface area contributed by atoms with Gasteiger partial charge in [0.1, 0.15) is 0 Å². The van der Waals surface area contributed by atoms with Gasteiger partial charge < -0.3 is 0 Å². The van der Waals surface area contributed by atoms with Crippen LogP contribution in [0.4, 0.5) is 0 Å². The summed E-state index contributed by atoms with van der Waals surface area (Å²) in [5, 5.41) is 0. The summed E-state index contributed by atoms with van der Waals surface area (Å²) in [7, 11) is 0. The molecule has 0 fully saturated rings. The second kappa shape index (κ2) is 7.70. The van der Waals surface area contributed by atoms with Gasteiger partial charge in [-0.2, -0.15) is 0 Å². The summed E-state index contributed by atoms with van der Waals surface area (Å²) < 4.78 is 0. The van der Waals surface area contributed by atoms with Crippen molar-refractivity contribution in [1.82, 2.24) is 0 Å². The Hall–Kier alpha value is -1.52. The number of hydrogen-bond acceptors (Lipinski definition) is 0. The van der Waals surface area contributed by atoms with Gasteiger partial charge in [0.2, 0.25) is 0 Å². The Bertz CT molecular complexity index is 403. The highest BCUT2D eigenvalue weighted by Gasteiger charge is 1.96. The molecule has 0 bridgehead atoms. The van der Waals surface area contributed by atoms with Gasteiger partial charge in [0, 0.05) is 0 Å². The summed E-state index contributed by atoms with van der Waals surface area (Å²) in [5.74, 6) is 0. The van der Waals surface area contributed by atoms with Crippen molar-refractivity contribution in [2.24, 2.45) is 0 Å². The lowest BCUT2D eigenvalue weighted by Gasteiger charge is -2.02. The monoisotopic (exact) mass is 226 g/mol. The highest BCUT2D eigenvalue weighted by Crippen LogP contribution is 2.16. The van der Waals surface area contributed by atoms with E-state index < -0.39 is 0 Å². The summed E-state index contributed by atoms with van der Waals surface area (Å²) >= 11 is 0. The third-order valence-corrected chi connectivity index (χ3v) is 2.79. The quantitative estimate of drug-likeness (QED) is 0.451. The van der Waals surface area contributed by atoms with Gasteiger partial charge in [-0.05, 0) is 42.9 Å². The Morgan fingerprint density at radius 2 is 2.00 bits per heavy atom. The Balaban J connectivity index is 2.96. The van der Waals surface area contributed by atoms with Crippen molar-refractivity contribution in [3.63, 3.8) is 0 Å². The minimum Gasteiger partial charge on any atom is -0.118 e. The smallest absolute Gasteiger partial charge is 0.00194 e. The fourth-order valence-electron chi connectivity index (χ4n) is 1.81. The van der Waals surface area contributed by atoms with Gasteiger partial charge >= 0.3 is 0 Å². The Labute approximate surface area is 105 Å². The molecule has 0 radical (unpaired) electrons. The van der Waals surface area contributed by atoms with E-state index >= 15 is 0 Å². The first-order valence-corrected chi connectivity index (χ1v) is 6.39. The number of rotatable bonds is 6. The fourth-order valence-corrected chi connectivity index (χ4v) is 1.81. The van der Waals surface area contributed by atoms with E-state index in [0.717, 1.165) is 12.8 Å². The SMILES string of the molecule is C=CCC(=C=C(C)c1ccccc1)CCCC. The Kier molecular flexibility index (Phi) is 6.14. The predicted octanol–water partition coefficient (Wildman–Crippen LogP) is 5.38. The number of benzene rings is 1. The molecule has 0 aliphatic rings. The summed E-state index contributed by atoms with van der Waals surface area (Å²) in [4.78, 5) is 0. The maximum Gasteiger partial charge on any atom is -0.00194 e. The molecule has 17 heavy (non-hydrogen) atoms. The lowest BCUT2D eigenvalue weighted by molar-refractivity contribution is 0.777. The minimum absolute atomic E-state index is 0.949. The molecule has 0 saturated heterocycles. The molecule has 0 nitrogen and oxygen atoms in total. The van der Waals surface area contributed by atoms with Crippen LogP contribution in [0.1, 0.15) is 45.1 Å². The van der Waals surface area contributed by atoms with Gasteiger partial charge in [-0.15, -0.1) is 12.3 Å². The maximum atomic E-state index is 3.82. The van der Waals surface area contributed by atoms with Crippen LogP contribution in [0.2, 0.25) is 0 Å². The van der Waals surface area contributed by atoms with Crippen LogP contribution in [-0.2, 0) is 0 Å². The van der Waals surface area contributed by atoms with Crippen molar-refractivity contribution in [3.8, 4) is 0 Å². The van der Waals surface area contributed by atoms with Gasteiger partial charge in [0.05, 0.1) is 0 Å². The molecule has 1 aromatic carbocycles. The molecule has 0 aliphatic carbocycles. The molecule has 90 valence electrons. The second-order valence-corrected chi connectivity index (χ2v) is 4.32. The molecule has 0 heterocycles. The van der Waals surface area contributed by atoms with Crippen molar-refractivity contribution in [3.05, 3.63) is 59.9 Å². The zero-order valence-electron chi connectivity index (χ0n) is 11.0. The normalized spacial score (nSPS) is 9.53. The van der Waals surface area contributed by atoms with Crippen molar-refractivity contribution < 1.29 is 0 Å². The van der Waals surface area contributed by atoms with Crippen LogP contribution in [0, 0.1) is 0 Å². The predicted molar refractivity (Wildman–Crippen MR) is 76.9 cm³/mol. The third kappa shape index (κ3) is 4.89. The third-order valence-electron chi connectivity index (χ3n) is 2.79. The summed E-state index contributed by atoms with van der Waals surface area (Å²) in [6.07, 6.45) is 6.51. The van der Waals surface area contributed by atoms with Gasteiger partial charge in [0.25, 0.3) is 0 Å². The minimum atomic E-state index is 0.949. The zero-order valence-corrected chi connectivity index (χ0v) is 11.0. The molecule has 0 heteroatoms. The molecular weight excluding hydrogens is 204 g/mol. The largest absolute Gasteiger partial charge is 0.118 e. The number of allylic oxidation sites excluding steroid dienone is 2. The molecule has 0 aliphatic heterocycles. The summed E-state index contributed by atoms with van der Waals surface area (Å²) in [6.45, 7) is 8.17. The van der Waals surface area contributed by atoms with Crippen molar-refractivity contribution >= 4 is 5.57 Å². The van der Waals surface area contributed by atoms with Gasteiger partial charge in [-0.25, -0.2) is 0 Å². The van der Waals surface area contributed by atoms with Crippen LogP contribution < -0.4 is 0 Å². The standard InChI is InChI=1S/C17H22/c1-4-6-11-16(10-5-2)14-15(3)17-12-8-7-9-13-17/h5,7-9,12-13H,2,4,6,10-11H2,1,3H3. The summed E-state index contributed by atoms with van der Waals surface area (Å²) in [5.41, 5.74) is 7.37. The van der Waals surface area contributed by atoms with Crippen LogP contribution in [0.3, 0.4) is 0 Å². The molecule has 0 atom stereocenters. The first-order chi connectivity index (χ1) is 8.27. The second-order valence-electron chi connectivity index (χ2n) is 4.32. The van der Waals surface area contributed by atoms with Crippen LogP contribution in [0.5, 0.6) is 0 Å². The lowest BCUT2D eigenvalue weighted by Crippen LogP contribution is -1.82. The van der Waals surface area contributed by atoms with Crippen molar-refractivity contribution in [2.75, 3.05) is 0 Å². The van der Waals surface area contributed by atoms with E-state index in [9.17, 15) is 0 Å². The molecular formula is C17H22. The van der Waals surface area contributed by atoms with E-state index in [1.807, 2.05) is 12.1 Å². The number of unbranched alkanes of at least 4 members (excludes halogenated alkanes) is 1. The van der Waals surface area contributed by atoms with Crippen LogP contribution in [-0.4, -0.2) is 0 Å². The molecule has 0 amide bonds. The molecule has 0 saturated carbocycles. The van der Waals surface area contributed by atoms with E-state index in [1.165, 1.54) is 29.6 Å². The molecule has 0 unspecified atom stereocenters. The fraction of sp³-hybridized carbons (Fsp3) is 0.353. The maximum absolute atomic E-state index is 3.82. The van der Waals surface area contributed by atoms with Gasteiger partial charge in [-0.3, -0.25) is 0 Å². The topological polar surface area (TPSA) is 0 Å². The lowest BCUT2D eigenvalue weighted by atomic mass is 10.0. The average Bonchev–Trinajstić information content (AvgIpc) is 2.37. The average molecular weight is 226 g/mol. The first kappa shape index (κ1) is 13.5. The Morgan fingerprint density at radius 1 is 1.29 bits per heavy atom. The van der Waals surface area contributed by atoms with Crippen LogP contribution >= 0.6 is 0 Å². The molecule has 1 aromatic rings. The Morgan fingerprint density at radius 3 is 2.59 bits per heavy atom. The van der Waals surface area contributed by atoms with E-state index in [4.69, 9.17) is 0 Å².